The Hall–Kier alpha value is -1.91. The molecule has 0 heterocycles. The Balaban J connectivity index is 0.000000251. The summed E-state index contributed by atoms with van der Waals surface area (Å²) in [5.41, 5.74) is -0.283. The predicted octanol–water partition coefficient (Wildman–Crippen LogP) is 4.84. The summed E-state index contributed by atoms with van der Waals surface area (Å²) in [6.07, 6.45) is 0. The van der Waals surface area contributed by atoms with Crippen LogP contribution in [0.3, 0.4) is 0 Å². The maximum atomic E-state index is 11.8. The average Bonchev–Trinajstić information content (AvgIpc) is 2.54. The van der Waals surface area contributed by atoms with Gasteiger partial charge in [-0.3, -0.25) is 9.59 Å². The lowest BCUT2D eigenvalue weighted by Gasteiger charge is -2.16. The molecule has 0 saturated heterocycles. The summed E-state index contributed by atoms with van der Waals surface area (Å²) in [6, 6.07) is 16.1. The molecule has 0 radical (unpaired) electrons. The third-order valence-electron chi connectivity index (χ3n) is 3.40. The largest absolute Gasteiger partial charge is 0.382 e. The molecular weight excluding hydrogens is 332 g/mol. The van der Waals surface area contributed by atoms with Gasteiger partial charge in [0.2, 0.25) is 0 Å². The van der Waals surface area contributed by atoms with Crippen LogP contribution in [0.2, 0.25) is 0 Å². The van der Waals surface area contributed by atoms with E-state index in [0.29, 0.717) is 5.56 Å². The number of aliphatic hydroxyl groups is 1. The highest BCUT2D eigenvalue weighted by Crippen LogP contribution is 2.21. The van der Waals surface area contributed by atoms with Gasteiger partial charge in [0.25, 0.3) is 0 Å². The van der Waals surface area contributed by atoms with E-state index in [1.54, 1.807) is 24.3 Å². The summed E-state index contributed by atoms with van der Waals surface area (Å²) in [4.78, 5) is 24.0. The third kappa shape index (κ3) is 6.85. The molecule has 2 rings (SSSR count). The summed E-state index contributed by atoms with van der Waals surface area (Å²) in [5.74, 6) is -0.0797. The molecule has 3 nitrogen and oxygen atoms in total. The first kappa shape index (κ1) is 21.1. The summed E-state index contributed by atoms with van der Waals surface area (Å²) < 4.78 is 0. The fraction of sp³-hybridized carbons (Fsp3) is 0.333. The van der Waals surface area contributed by atoms with Crippen LogP contribution in [0.25, 0.3) is 0 Å². The summed E-state index contributed by atoms with van der Waals surface area (Å²) >= 11 is 4.16. The lowest BCUT2D eigenvalue weighted by Crippen LogP contribution is -2.30. The monoisotopic (exact) mass is 358 g/mol. The SMILES string of the molecule is CC(C)(C)C(=O)c1ccc(S)cc1.CC(C)(O)C(=O)c1ccccc1. The van der Waals surface area contributed by atoms with E-state index in [0.717, 1.165) is 10.5 Å². The fourth-order valence-corrected chi connectivity index (χ4v) is 2.14. The van der Waals surface area contributed by atoms with Crippen LogP contribution < -0.4 is 0 Å². The van der Waals surface area contributed by atoms with Crippen LogP contribution in [0.1, 0.15) is 55.3 Å². The van der Waals surface area contributed by atoms with Gasteiger partial charge in [-0.25, -0.2) is 0 Å². The molecule has 0 bridgehead atoms. The molecule has 0 aliphatic carbocycles. The van der Waals surface area contributed by atoms with Gasteiger partial charge in [0.15, 0.2) is 11.6 Å². The van der Waals surface area contributed by atoms with E-state index >= 15 is 0 Å². The first-order valence-corrected chi connectivity index (χ1v) is 8.53. The first-order valence-electron chi connectivity index (χ1n) is 8.09. The van der Waals surface area contributed by atoms with Crippen molar-refractivity contribution >= 4 is 24.2 Å². The van der Waals surface area contributed by atoms with Gasteiger partial charge in [-0.2, -0.15) is 0 Å². The van der Waals surface area contributed by atoms with E-state index in [9.17, 15) is 14.7 Å². The smallest absolute Gasteiger partial charge is 0.193 e. The number of thiol groups is 1. The van der Waals surface area contributed by atoms with E-state index in [4.69, 9.17) is 0 Å². The minimum Gasteiger partial charge on any atom is -0.382 e. The molecule has 2 aromatic rings. The molecule has 4 heteroatoms. The summed E-state index contributed by atoms with van der Waals surface area (Å²) in [7, 11) is 0. The molecule has 0 amide bonds. The number of hydrogen-bond acceptors (Lipinski definition) is 4. The topological polar surface area (TPSA) is 54.4 Å². The molecule has 0 aliphatic heterocycles. The highest BCUT2D eigenvalue weighted by atomic mass is 32.1. The predicted molar refractivity (Wildman–Crippen MR) is 105 cm³/mol. The molecule has 0 fully saturated rings. The van der Waals surface area contributed by atoms with E-state index in [1.165, 1.54) is 13.8 Å². The van der Waals surface area contributed by atoms with Gasteiger partial charge in [0.1, 0.15) is 5.60 Å². The zero-order valence-corrected chi connectivity index (χ0v) is 16.3. The minimum absolute atomic E-state index is 0.167. The number of ketones is 2. The molecule has 0 atom stereocenters. The van der Waals surface area contributed by atoms with E-state index in [2.05, 4.69) is 12.6 Å². The van der Waals surface area contributed by atoms with Crippen molar-refractivity contribution in [3.63, 3.8) is 0 Å². The van der Waals surface area contributed by atoms with Gasteiger partial charge in [-0.15, -0.1) is 12.6 Å². The van der Waals surface area contributed by atoms with E-state index in [1.807, 2.05) is 51.1 Å². The Labute approximate surface area is 155 Å². The Bertz CT molecular complexity index is 706. The number of carbonyl (C=O) groups excluding carboxylic acids is 2. The Kier molecular flexibility index (Phi) is 7.15. The number of benzene rings is 2. The van der Waals surface area contributed by atoms with Gasteiger partial charge in [0.05, 0.1) is 0 Å². The highest BCUT2D eigenvalue weighted by Gasteiger charge is 2.24. The van der Waals surface area contributed by atoms with Crippen LogP contribution in [-0.2, 0) is 0 Å². The molecule has 0 saturated carbocycles. The number of hydrogen-bond donors (Lipinski definition) is 2. The van der Waals surface area contributed by atoms with Crippen molar-refractivity contribution in [1.29, 1.82) is 0 Å². The van der Waals surface area contributed by atoms with Gasteiger partial charge < -0.3 is 5.11 Å². The van der Waals surface area contributed by atoms with Crippen molar-refractivity contribution in [3.8, 4) is 0 Å². The normalized spacial score (nSPS) is 11.3. The van der Waals surface area contributed by atoms with E-state index < -0.39 is 5.60 Å². The molecule has 1 N–H and O–H groups in total. The molecule has 134 valence electrons. The number of carbonyl (C=O) groups is 2. The zero-order valence-electron chi connectivity index (χ0n) is 15.4. The molecular formula is C21H26O3S. The van der Waals surface area contributed by atoms with Crippen molar-refractivity contribution in [2.45, 2.75) is 45.1 Å². The molecule has 2 aromatic carbocycles. The first-order chi connectivity index (χ1) is 11.4. The third-order valence-corrected chi connectivity index (χ3v) is 3.70. The molecule has 0 aromatic heterocycles. The molecule has 0 unspecified atom stereocenters. The maximum Gasteiger partial charge on any atom is 0.193 e. The van der Waals surface area contributed by atoms with Crippen LogP contribution in [-0.4, -0.2) is 22.3 Å². The Morgan fingerprint density at radius 2 is 1.20 bits per heavy atom. The minimum atomic E-state index is -1.28. The van der Waals surface area contributed by atoms with Crippen molar-refractivity contribution in [3.05, 3.63) is 65.7 Å². The van der Waals surface area contributed by atoms with Crippen molar-refractivity contribution < 1.29 is 14.7 Å². The quantitative estimate of drug-likeness (QED) is 0.609. The maximum absolute atomic E-state index is 11.8. The number of rotatable bonds is 3. The van der Waals surface area contributed by atoms with Crippen molar-refractivity contribution in [2.24, 2.45) is 5.41 Å². The summed E-state index contributed by atoms with van der Waals surface area (Å²) in [6.45, 7) is 8.74. The molecule has 0 aliphatic rings. The van der Waals surface area contributed by atoms with Gasteiger partial charge in [0, 0.05) is 21.4 Å². The highest BCUT2D eigenvalue weighted by molar-refractivity contribution is 7.80. The molecule has 0 spiro atoms. The van der Waals surface area contributed by atoms with E-state index in [-0.39, 0.29) is 17.0 Å². The van der Waals surface area contributed by atoms with Gasteiger partial charge in [-0.1, -0.05) is 63.2 Å². The zero-order chi connectivity index (χ0) is 19.3. The second-order valence-electron chi connectivity index (χ2n) is 7.38. The van der Waals surface area contributed by atoms with Crippen LogP contribution in [0, 0.1) is 5.41 Å². The van der Waals surface area contributed by atoms with Crippen LogP contribution in [0.4, 0.5) is 0 Å². The standard InChI is InChI=1S/C11H14OS.C10H12O2/c1-11(2,3)10(12)8-4-6-9(13)7-5-8;1-10(2,12)9(11)8-6-4-3-5-7-8/h4-7,13H,1-3H3;3-7,12H,1-2H3. The van der Waals surface area contributed by atoms with Gasteiger partial charge in [-0.05, 0) is 26.0 Å². The van der Waals surface area contributed by atoms with Crippen LogP contribution >= 0.6 is 12.6 Å². The second-order valence-corrected chi connectivity index (χ2v) is 7.90. The lowest BCUT2D eigenvalue weighted by atomic mass is 9.87. The van der Waals surface area contributed by atoms with Crippen molar-refractivity contribution in [2.75, 3.05) is 0 Å². The second kappa shape index (κ2) is 8.45. The summed E-state index contributed by atoms with van der Waals surface area (Å²) in [5, 5.41) is 9.39. The van der Waals surface area contributed by atoms with Crippen LogP contribution in [0.5, 0.6) is 0 Å². The number of Topliss-reactive ketones (excluding diaryl/α,β-unsaturated/α-hetero) is 2. The van der Waals surface area contributed by atoms with Crippen LogP contribution in [0.15, 0.2) is 59.5 Å². The Morgan fingerprint density at radius 3 is 1.60 bits per heavy atom. The Morgan fingerprint density at radius 1 is 0.760 bits per heavy atom. The average molecular weight is 359 g/mol. The lowest BCUT2D eigenvalue weighted by molar-refractivity contribution is 0.0488. The fourth-order valence-electron chi connectivity index (χ4n) is 1.99. The molecule has 25 heavy (non-hydrogen) atoms. The van der Waals surface area contributed by atoms with Crippen molar-refractivity contribution in [1.82, 2.24) is 0 Å². The van der Waals surface area contributed by atoms with Gasteiger partial charge >= 0.3 is 0 Å².